The Morgan fingerprint density at radius 3 is 2.89 bits per heavy atom. The van der Waals surface area contributed by atoms with Gasteiger partial charge in [-0.25, -0.2) is 9.37 Å². The molecule has 0 saturated carbocycles. The van der Waals surface area contributed by atoms with Crippen molar-refractivity contribution >= 4 is 51.6 Å². The third kappa shape index (κ3) is 2.81. The van der Waals surface area contributed by atoms with Crippen molar-refractivity contribution < 1.29 is 4.39 Å². The Hall–Kier alpha value is -1.15. The molecule has 4 nitrogen and oxygen atoms in total. The number of nitrogens with zero attached hydrogens (tertiary/aromatic N) is 2. The van der Waals surface area contributed by atoms with Crippen molar-refractivity contribution in [1.29, 1.82) is 0 Å². The molecule has 2 N–H and O–H groups in total. The standard InChI is InChI=1S/C11H9ClFIN4/c1-15-11-16-5-6(12)10(18-11)17-8-4-2-3-7(13)9(8)14/h2-5H,1H3,(H2,15,16,17,18). The van der Waals surface area contributed by atoms with E-state index in [2.05, 4.69) is 20.6 Å². The minimum Gasteiger partial charge on any atom is -0.357 e. The van der Waals surface area contributed by atoms with E-state index in [4.69, 9.17) is 11.6 Å². The van der Waals surface area contributed by atoms with Crippen LogP contribution in [-0.2, 0) is 0 Å². The van der Waals surface area contributed by atoms with Gasteiger partial charge in [0.05, 0.1) is 15.5 Å². The first-order valence-corrected chi connectivity index (χ1v) is 6.49. The molecule has 0 bridgehead atoms. The summed E-state index contributed by atoms with van der Waals surface area (Å²) in [5.41, 5.74) is 0.609. The highest BCUT2D eigenvalue weighted by Crippen LogP contribution is 2.27. The van der Waals surface area contributed by atoms with Gasteiger partial charge in [-0.05, 0) is 34.7 Å². The molecule has 94 valence electrons. The molecule has 0 spiro atoms. The van der Waals surface area contributed by atoms with Gasteiger partial charge in [0.15, 0.2) is 5.82 Å². The Bertz CT molecular complexity index is 579. The van der Waals surface area contributed by atoms with Crippen LogP contribution < -0.4 is 10.6 Å². The first kappa shape index (κ1) is 13.3. The lowest BCUT2D eigenvalue weighted by Crippen LogP contribution is -2.02. The fraction of sp³-hybridized carbons (Fsp3) is 0.0909. The Kier molecular flexibility index (Phi) is 4.18. The van der Waals surface area contributed by atoms with Crippen molar-refractivity contribution in [2.24, 2.45) is 0 Å². The zero-order valence-electron chi connectivity index (χ0n) is 9.34. The number of rotatable bonds is 3. The minimum atomic E-state index is -0.292. The summed E-state index contributed by atoms with van der Waals surface area (Å²) in [5, 5.41) is 6.16. The normalized spacial score (nSPS) is 10.2. The Balaban J connectivity index is 2.36. The maximum absolute atomic E-state index is 13.4. The van der Waals surface area contributed by atoms with Crippen molar-refractivity contribution in [3.8, 4) is 0 Å². The van der Waals surface area contributed by atoms with E-state index in [-0.39, 0.29) is 5.82 Å². The fourth-order valence-electron chi connectivity index (χ4n) is 1.30. The number of hydrogen-bond acceptors (Lipinski definition) is 4. The molecule has 0 fully saturated rings. The topological polar surface area (TPSA) is 49.8 Å². The van der Waals surface area contributed by atoms with Crippen LogP contribution >= 0.6 is 34.2 Å². The van der Waals surface area contributed by atoms with Gasteiger partial charge in [0.1, 0.15) is 10.8 Å². The molecule has 2 aromatic rings. The van der Waals surface area contributed by atoms with E-state index < -0.39 is 0 Å². The summed E-state index contributed by atoms with van der Waals surface area (Å²) in [7, 11) is 1.71. The second-order valence-corrected chi connectivity index (χ2v) is 4.85. The maximum Gasteiger partial charge on any atom is 0.224 e. The van der Waals surface area contributed by atoms with Gasteiger partial charge in [-0.1, -0.05) is 17.7 Å². The maximum atomic E-state index is 13.4. The highest BCUT2D eigenvalue weighted by atomic mass is 127. The van der Waals surface area contributed by atoms with Crippen molar-refractivity contribution in [1.82, 2.24) is 9.97 Å². The van der Waals surface area contributed by atoms with Gasteiger partial charge in [-0.2, -0.15) is 4.98 Å². The van der Waals surface area contributed by atoms with Crippen molar-refractivity contribution in [3.05, 3.63) is 38.8 Å². The Labute approximate surface area is 122 Å². The van der Waals surface area contributed by atoms with E-state index in [1.807, 2.05) is 22.6 Å². The molecule has 18 heavy (non-hydrogen) atoms. The molecule has 0 saturated heterocycles. The van der Waals surface area contributed by atoms with Gasteiger partial charge < -0.3 is 10.6 Å². The average molecular weight is 379 g/mol. The molecule has 1 aromatic carbocycles. The Morgan fingerprint density at radius 1 is 1.39 bits per heavy atom. The molecular formula is C11H9ClFIN4. The van der Waals surface area contributed by atoms with E-state index in [0.717, 1.165) is 0 Å². The summed E-state index contributed by atoms with van der Waals surface area (Å²) in [4.78, 5) is 8.13. The van der Waals surface area contributed by atoms with Crippen molar-refractivity contribution in [2.45, 2.75) is 0 Å². The number of nitrogens with one attached hydrogen (secondary N) is 2. The van der Waals surface area contributed by atoms with Crippen LogP contribution in [0.3, 0.4) is 0 Å². The van der Waals surface area contributed by atoms with Crippen LogP contribution in [0.15, 0.2) is 24.4 Å². The lowest BCUT2D eigenvalue weighted by molar-refractivity contribution is 0.621. The molecule has 1 heterocycles. The second kappa shape index (κ2) is 5.66. The molecule has 0 aliphatic heterocycles. The predicted molar refractivity (Wildman–Crippen MR) is 79.0 cm³/mol. The van der Waals surface area contributed by atoms with Crippen LogP contribution in [0.2, 0.25) is 5.02 Å². The van der Waals surface area contributed by atoms with Crippen LogP contribution in [0.25, 0.3) is 0 Å². The second-order valence-electron chi connectivity index (χ2n) is 3.37. The molecule has 1 aromatic heterocycles. The van der Waals surface area contributed by atoms with Crippen LogP contribution in [0.5, 0.6) is 0 Å². The van der Waals surface area contributed by atoms with Crippen LogP contribution in [-0.4, -0.2) is 17.0 Å². The minimum absolute atomic E-state index is 0.292. The Morgan fingerprint density at radius 2 is 2.17 bits per heavy atom. The predicted octanol–water partition coefficient (Wildman–Crippen LogP) is 3.66. The SMILES string of the molecule is CNc1ncc(Cl)c(Nc2cccc(F)c2I)n1. The van der Waals surface area contributed by atoms with Gasteiger partial charge >= 0.3 is 0 Å². The number of aromatic nitrogens is 2. The van der Waals surface area contributed by atoms with Crippen LogP contribution in [0.1, 0.15) is 0 Å². The molecule has 0 atom stereocenters. The molecule has 0 aliphatic carbocycles. The summed E-state index contributed by atoms with van der Waals surface area (Å²) in [5.74, 6) is 0.576. The molecule has 0 radical (unpaired) electrons. The molecule has 0 unspecified atom stereocenters. The number of hydrogen-bond donors (Lipinski definition) is 2. The molecule has 7 heteroatoms. The third-order valence-electron chi connectivity index (χ3n) is 2.17. The van der Waals surface area contributed by atoms with Gasteiger partial charge in [0, 0.05) is 7.05 Å². The molecule has 0 aliphatic rings. The summed E-state index contributed by atoms with van der Waals surface area (Å²) in [6, 6.07) is 4.77. The van der Waals surface area contributed by atoms with E-state index >= 15 is 0 Å². The first-order valence-electron chi connectivity index (χ1n) is 5.03. The van der Waals surface area contributed by atoms with E-state index in [0.29, 0.717) is 26.0 Å². The van der Waals surface area contributed by atoms with E-state index in [1.165, 1.54) is 12.3 Å². The van der Waals surface area contributed by atoms with E-state index in [9.17, 15) is 4.39 Å². The fourth-order valence-corrected chi connectivity index (χ4v) is 1.94. The summed E-state index contributed by atoms with van der Waals surface area (Å²) in [6.45, 7) is 0. The summed E-state index contributed by atoms with van der Waals surface area (Å²) >= 11 is 7.91. The van der Waals surface area contributed by atoms with Gasteiger partial charge in [0.2, 0.25) is 5.95 Å². The lowest BCUT2D eigenvalue weighted by Gasteiger charge is -2.10. The van der Waals surface area contributed by atoms with Gasteiger partial charge in [-0.15, -0.1) is 0 Å². The van der Waals surface area contributed by atoms with Crippen molar-refractivity contribution in [2.75, 3.05) is 17.7 Å². The van der Waals surface area contributed by atoms with Gasteiger partial charge in [0.25, 0.3) is 0 Å². The number of benzene rings is 1. The zero-order chi connectivity index (χ0) is 13.1. The third-order valence-corrected chi connectivity index (χ3v) is 3.55. The molecule has 0 amide bonds. The monoisotopic (exact) mass is 378 g/mol. The number of halogens is 3. The zero-order valence-corrected chi connectivity index (χ0v) is 12.3. The average Bonchev–Trinajstić information content (AvgIpc) is 2.37. The van der Waals surface area contributed by atoms with Crippen LogP contribution in [0.4, 0.5) is 21.8 Å². The summed E-state index contributed by atoms with van der Waals surface area (Å²) in [6.07, 6.45) is 1.48. The highest BCUT2D eigenvalue weighted by molar-refractivity contribution is 14.1. The first-order chi connectivity index (χ1) is 8.61. The van der Waals surface area contributed by atoms with Crippen molar-refractivity contribution in [3.63, 3.8) is 0 Å². The summed E-state index contributed by atoms with van der Waals surface area (Å²) < 4.78 is 13.9. The van der Waals surface area contributed by atoms with E-state index in [1.54, 1.807) is 19.2 Å². The number of anilines is 3. The highest BCUT2D eigenvalue weighted by Gasteiger charge is 2.09. The smallest absolute Gasteiger partial charge is 0.224 e. The largest absolute Gasteiger partial charge is 0.357 e. The molecular weight excluding hydrogens is 370 g/mol. The van der Waals surface area contributed by atoms with Crippen LogP contribution in [0, 0.1) is 9.39 Å². The van der Waals surface area contributed by atoms with Gasteiger partial charge in [-0.3, -0.25) is 0 Å². The molecule has 2 rings (SSSR count). The lowest BCUT2D eigenvalue weighted by atomic mass is 10.3. The quantitative estimate of drug-likeness (QED) is 0.801.